The lowest BCUT2D eigenvalue weighted by molar-refractivity contribution is 0.795. The third-order valence-corrected chi connectivity index (χ3v) is 28.0. The number of hydrogen-bond acceptors (Lipinski definition) is 4. The van der Waals surface area contributed by atoms with E-state index in [1.807, 2.05) is 0 Å². The number of aryl methyl sites for hydroxylation is 8. The predicted molar refractivity (Wildman–Crippen MR) is 531 cm³/mol. The van der Waals surface area contributed by atoms with Crippen LogP contribution in [0, 0.1) is 55.4 Å². The Kier molecular flexibility index (Phi) is 16.9. The molecule has 126 heavy (non-hydrogen) atoms. The lowest BCUT2D eigenvalue weighted by Crippen LogP contribution is -2.26. The molecule has 24 rings (SSSR count). The van der Waals surface area contributed by atoms with Gasteiger partial charge in [0.25, 0.3) is 0 Å². The molecule has 4 aliphatic rings. The van der Waals surface area contributed by atoms with E-state index < -0.39 is 10.8 Å². The number of hydrogen-bond donors (Lipinski definition) is 0. The van der Waals surface area contributed by atoms with Gasteiger partial charge in [0.05, 0.1) is 22.2 Å². The fourth-order valence-corrected chi connectivity index (χ4v) is 22.4. The highest BCUT2D eigenvalue weighted by molar-refractivity contribution is 6.16. The van der Waals surface area contributed by atoms with Gasteiger partial charge in [-0.2, -0.15) is 0 Å². The second-order valence-corrected chi connectivity index (χ2v) is 35.5. The van der Waals surface area contributed by atoms with E-state index in [-0.39, 0.29) is 0 Å². The van der Waals surface area contributed by atoms with Crippen LogP contribution in [0.3, 0.4) is 0 Å². The highest BCUT2D eigenvalue weighted by Crippen LogP contribution is 2.68. The molecule has 4 aliphatic carbocycles. The lowest BCUT2D eigenvalue weighted by Gasteiger charge is -2.33. The minimum Gasteiger partial charge on any atom is -0.310 e. The first-order valence-corrected chi connectivity index (χ1v) is 44.3. The minimum atomic E-state index is -0.673. The van der Waals surface area contributed by atoms with E-state index in [1.165, 1.54) is 188 Å². The zero-order chi connectivity index (χ0) is 84.5. The van der Waals surface area contributed by atoms with Crippen molar-refractivity contribution in [1.82, 2.24) is 0 Å². The molecule has 0 aromatic heterocycles. The van der Waals surface area contributed by atoms with Crippen LogP contribution in [0.1, 0.15) is 89.0 Å². The van der Waals surface area contributed by atoms with Crippen molar-refractivity contribution < 1.29 is 0 Å². The standard InChI is InChI=1S/C122H90N4/c1-75-49-61-113(82(8)62-75)125(117-73-111-119(101-40-17-15-38-99(101)117)103-69-85-55-59-93(123(89-29-11-9-12-30-89)114-63-76(2)46-50-79(114)5)67-87(85)71-109(103)121(111)105-42-23-19-34-95(105)96-35-20-24-43-106(96)121)91-57-53-83(54-58-91)84-28-27-33-92(66-84)124(115-64-77(3)47-51-80(115)6)94-60-56-86-70-104-110(72-88(86)68-94)122(107-44-25-21-36-97(107)98-37-22-26-45-108(98)122)112-74-118(100-39-16-18-41-102(100)120(104)112)126(90-31-13-10-14-32-90)116-65-78(4)48-52-81(116)7/h9-74H,1-8H3. The van der Waals surface area contributed by atoms with E-state index >= 15 is 0 Å². The van der Waals surface area contributed by atoms with Crippen LogP contribution < -0.4 is 19.6 Å². The topological polar surface area (TPSA) is 13.0 Å². The SMILES string of the molecule is Cc1ccc(N(c2ccc(-c3cccc(N(c4ccc5cc6c(cc5c4)C4(c5ccccc5-c5ccccc54)c4cc(N(c5ccccc5)c5cc(C)ccc5C)c5ccccc5c4-6)c4cc(C)ccc4C)c3)cc2)c2cc3c(c4ccccc24)-c2cc4ccc(N(c5ccccc5)c5cc(C)ccc5C)cc4cc2C32c3ccccc3-c3ccccc32)c(C)c1. The third-order valence-electron chi connectivity index (χ3n) is 28.0. The maximum Gasteiger partial charge on any atom is 0.0726 e. The molecular formula is C122H90N4. The Morgan fingerprint density at radius 1 is 0.167 bits per heavy atom. The first kappa shape index (κ1) is 74.5. The molecule has 0 fully saturated rings. The smallest absolute Gasteiger partial charge is 0.0726 e. The van der Waals surface area contributed by atoms with Crippen molar-refractivity contribution in [3.05, 3.63) is 489 Å². The molecule has 0 aliphatic heterocycles. The fraction of sp³-hybridized carbons (Fsp3) is 0.0820. The summed E-state index contributed by atoms with van der Waals surface area (Å²) < 4.78 is 0. The van der Waals surface area contributed by atoms with Crippen molar-refractivity contribution >= 4 is 111 Å². The van der Waals surface area contributed by atoms with Gasteiger partial charge in [-0.25, -0.2) is 0 Å². The van der Waals surface area contributed by atoms with Crippen LogP contribution in [0.2, 0.25) is 0 Å². The second kappa shape index (κ2) is 28.6. The molecule has 20 aromatic carbocycles. The second-order valence-electron chi connectivity index (χ2n) is 35.5. The number of fused-ring (bicyclic) bond motifs is 26. The zero-order valence-electron chi connectivity index (χ0n) is 71.9. The summed E-state index contributed by atoms with van der Waals surface area (Å²) in [6.45, 7) is 17.8. The maximum atomic E-state index is 2.60. The Hall–Kier alpha value is -15.4. The van der Waals surface area contributed by atoms with Gasteiger partial charge in [0, 0.05) is 67.6 Å². The lowest BCUT2D eigenvalue weighted by atomic mass is 9.70. The molecule has 0 bridgehead atoms. The number of para-hydroxylation sites is 2. The summed E-state index contributed by atoms with van der Waals surface area (Å²) in [4.78, 5) is 10.0. The molecule has 0 unspecified atom stereocenters. The zero-order valence-corrected chi connectivity index (χ0v) is 71.9. The van der Waals surface area contributed by atoms with Crippen molar-refractivity contribution in [3.63, 3.8) is 0 Å². The average Bonchev–Trinajstić information content (AvgIpc) is 1.50. The predicted octanol–water partition coefficient (Wildman–Crippen LogP) is 33.0. The first-order chi connectivity index (χ1) is 61.8. The van der Waals surface area contributed by atoms with Gasteiger partial charge in [-0.05, 0) is 360 Å². The van der Waals surface area contributed by atoms with E-state index in [0.717, 1.165) is 68.0 Å². The monoisotopic (exact) mass is 1610 g/mol. The van der Waals surface area contributed by atoms with E-state index in [2.05, 4.69) is 475 Å². The summed E-state index contributed by atoms with van der Waals surface area (Å²) in [6.07, 6.45) is 0. The van der Waals surface area contributed by atoms with Gasteiger partial charge >= 0.3 is 0 Å². The van der Waals surface area contributed by atoms with Gasteiger partial charge in [0.15, 0.2) is 0 Å². The molecule has 20 aromatic rings. The summed E-state index contributed by atoms with van der Waals surface area (Å²) >= 11 is 0. The van der Waals surface area contributed by atoms with E-state index in [4.69, 9.17) is 0 Å². The van der Waals surface area contributed by atoms with Gasteiger partial charge in [-0.1, -0.05) is 272 Å². The van der Waals surface area contributed by atoms with Crippen molar-refractivity contribution in [3.8, 4) is 55.6 Å². The quantitative estimate of drug-likeness (QED) is 0.114. The number of nitrogens with zero attached hydrogens (tertiary/aromatic N) is 4. The third kappa shape index (κ3) is 11.1. The molecule has 0 heterocycles. The molecule has 4 heteroatoms. The van der Waals surface area contributed by atoms with Gasteiger partial charge in [0.2, 0.25) is 0 Å². The highest BCUT2D eigenvalue weighted by Gasteiger charge is 2.55. The summed E-state index contributed by atoms with van der Waals surface area (Å²) in [5, 5.41) is 9.61. The van der Waals surface area contributed by atoms with Crippen molar-refractivity contribution in [1.29, 1.82) is 0 Å². The molecule has 0 radical (unpaired) electrons. The van der Waals surface area contributed by atoms with Crippen molar-refractivity contribution in [2.24, 2.45) is 0 Å². The molecule has 0 amide bonds. The molecule has 4 nitrogen and oxygen atoms in total. The summed E-state index contributed by atoms with van der Waals surface area (Å²) in [6, 6.07) is 153. The minimum absolute atomic E-state index is 0.658. The molecule has 2 spiro atoms. The molecular weight excluding hydrogens is 1520 g/mol. The first-order valence-electron chi connectivity index (χ1n) is 44.3. The van der Waals surface area contributed by atoms with Crippen LogP contribution in [0.4, 0.5) is 68.2 Å². The highest BCUT2D eigenvalue weighted by atomic mass is 15.2. The Labute approximate surface area is 737 Å². The normalized spacial score (nSPS) is 13.0. The number of rotatable bonds is 13. The largest absolute Gasteiger partial charge is 0.310 e. The van der Waals surface area contributed by atoms with E-state index in [9.17, 15) is 0 Å². The van der Waals surface area contributed by atoms with Crippen LogP contribution in [0.15, 0.2) is 400 Å². The molecule has 0 saturated carbocycles. The molecule has 0 saturated heterocycles. The van der Waals surface area contributed by atoms with Crippen LogP contribution in [-0.4, -0.2) is 0 Å². The summed E-state index contributed by atoms with van der Waals surface area (Å²) in [7, 11) is 0. The van der Waals surface area contributed by atoms with E-state index in [1.54, 1.807) is 0 Å². The Morgan fingerprint density at radius 2 is 0.516 bits per heavy atom. The van der Waals surface area contributed by atoms with Gasteiger partial charge in [0.1, 0.15) is 0 Å². The average molecular weight is 1610 g/mol. The summed E-state index contributed by atoms with van der Waals surface area (Å²) in [5.74, 6) is 0. The van der Waals surface area contributed by atoms with Gasteiger partial charge < -0.3 is 19.6 Å². The molecule has 0 atom stereocenters. The maximum absolute atomic E-state index is 2.60. The van der Waals surface area contributed by atoms with Gasteiger partial charge in [-0.3, -0.25) is 0 Å². The van der Waals surface area contributed by atoms with Crippen molar-refractivity contribution in [2.45, 2.75) is 66.2 Å². The van der Waals surface area contributed by atoms with Crippen LogP contribution in [0.5, 0.6) is 0 Å². The number of benzene rings is 20. The Morgan fingerprint density at radius 3 is 0.968 bits per heavy atom. The van der Waals surface area contributed by atoms with Crippen LogP contribution in [-0.2, 0) is 10.8 Å². The van der Waals surface area contributed by atoms with E-state index in [0.29, 0.717) is 0 Å². The Bertz CT molecular complexity index is 7880. The van der Waals surface area contributed by atoms with Gasteiger partial charge in [-0.15, -0.1) is 0 Å². The fourth-order valence-electron chi connectivity index (χ4n) is 22.4. The Balaban J connectivity index is 0.654. The van der Waals surface area contributed by atoms with Crippen LogP contribution in [0.25, 0.3) is 98.7 Å². The van der Waals surface area contributed by atoms with Crippen molar-refractivity contribution in [2.75, 3.05) is 19.6 Å². The molecule has 0 N–H and O–H groups in total. The number of anilines is 12. The molecule has 598 valence electrons. The van der Waals surface area contributed by atoms with Crippen LogP contribution >= 0.6 is 0 Å². The summed E-state index contributed by atoms with van der Waals surface area (Å²) in [5.41, 5.74) is 44.7.